The number of carboxylic acid groups (broad SMARTS) is 1. The number of hydrogen-bond donors (Lipinski definition) is 2. The van der Waals surface area contributed by atoms with Crippen LogP contribution >= 0.6 is 11.3 Å². The number of methoxy groups -OCH3 is 1. The molecule has 0 aliphatic carbocycles. The summed E-state index contributed by atoms with van der Waals surface area (Å²) in [5, 5.41) is 13.7. The quantitative estimate of drug-likeness (QED) is 0.830. The summed E-state index contributed by atoms with van der Waals surface area (Å²) in [6.07, 6.45) is 0. The number of ether oxygens (including phenoxy) is 1. The molecule has 0 fully saturated rings. The summed E-state index contributed by atoms with van der Waals surface area (Å²) >= 11 is 1.40. The van der Waals surface area contributed by atoms with Crippen molar-refractivity contribution >= 4 is 29.0 Å². The van der Waals surface area contributed by atoms with Gasteiger partial charge in [0.25, 0.3) is 0 Å². The van der Waals surface area contributed by atoms with E-state index in [-0.39, 0.29) is 5.97 Å². The molecule has 21 heavy (non-hydrogen) atoms. The molecule has 2 N–H and O–H groups in total. The lowest BCUT2D eigenvalue weighted by molar-refractivity contribution is 0.0599. The molecule has 110 valence electrons. The number of hydrogen-bond acceptors (Lipinski definition) is 5. The number of rotatable bonds is 5. The number of esters is 1. The first-order valence-electron chi connectivity index (χ1n) is 6.25. The topological polar surface area (TPSA) is 75.6 Å². The van der Waals surface area contributed by atoms with Gasteiger partial charge in [-0.05, 0) is 36.8 Å². The molecule has 0 spiro atoms. The van der Waals surface area contributed by atoms with Crippen LogP contribution in [0.15, 0.2) is 29.6 Å². The summed E-state index contributed by atoms with van der Waals surface area (Å²) in [4.78, 5) is 23.2. The summed E-state index contributed by atoms with van der Waals surface area (Å²) in [6.45, 7) is 2.43. The normalized spacial score (nSPS) is 10.2. The number of nitrogens with one attached hydrogen (secondary N) is 1. The highest BCUT2D eigenvalue weighted by atomic mass is 32.1. The van der Waals surface area contributed by atoms with Gasteiger partial charge >= 0.3 is 11.9 Å². The van der Waals surface area contributed by atoms with E-state index in [4.69, 9.17) is 5.11 Å². The highest BCUT2D eigenvalue weighted by Crippen LogP contribution is 2.20. The van der Waals surface area contributed by atoms with Crippen LogP contribution in [-0.4, -0.2) is 24.2 Å². The van der Waals surface area contributed by atoms with Gasteiger partial charge in [-0.25, -0.2) is 9.59 Å². The summed E-state index contributed by atoms with van der Waals surface area (Å²) in [7, 11) is 1.35. The standard InChI is InChI=1S/C15H15NO4S/c1-9-5-10(15(19)20-2)3-4-13(9)16-7-12-6-11(8-21-12)14(17)18/h3-6,8,16H,7H2,1-2H3,(H,17,18). The predicted molar refractivity (Wildman–Crippen MR) is 81.1 cm³/mol. The molecule has 0 unspecified atom stereocenters. The molecular formula is C15H15NO4S. The summed E-state index contributed by atoms with van der Waals surface area (Å²) in [6, 6.07) is 6.91. The van der Waals surface area contributed by atoms with Crippen molar-refractivity contribution < 1.29 is 19.4 Å². The van der Waals surface area contributed by atoms with Crippen molar-refractivity contribution in [2.24, 2.45) is 0 Å². The van der Waals surface area contributed by atoms with Crippen LogP contribution < -0.4 is 5.32 Å². The van der Waals surface area contributed by atoms with Crippen LogP contribution in [0.1, 0.15) is 31.2 Å². The molecule has 1 aromatic carbocycles. The number of aryl methyl sites for hydroxylation is 1. The van der Waals surface area contributed by atoms with Crippen molar-refractivity contribution in [2.45, 2.75) is 13.5 Å². The first kappa shape index (κ1) is 15.1. The Morgan fingerprint density at radius 2 is 2.05 bits per heavy atom. The van der Waals surface area contributed by atoms with E-state index in [9.17, 15) is 9.59 Å². The summed E-state index contributed by atoms with van der Waals surface area (Å²) < 4.78 is 4.67. The molecule has 0 saturated carbocycles. The number of thiophene rings is 1. The fourth-order valence-corrected chi connectivity index (χ4v) is 2.67. The van der Waals surface area contributed by atoms with E-state index in [2.05, 4.69) is 10.1 Å². The van der Waals surface area contributed by atoms with E-state index in [0.717, 1.165) is 16.1 Å². The van der Waals surface area contributed by atoms with Gasteiger partial charge in [-0.2, -0.15) is 0 Å². The Bertz CT molecular complexity index is 678. The summed E-state index contributed by atoms with van der Waals surface area (Å²) in [5.74, 6) is -1.29. The molecule has 2 aromatic rings. The molecule has 0 aliphatic rings. The van der Waals surface area contributed by atoms with E-state index >= 15 is 0 Å². The minimum Gasteiger partial charge on any atom is -0.478 e. The average Bonchev–Trinajstić information content (AvgIpc) is 2.94. The van der Waals surface area contributed by atoms with Crippen LogP contribution in [0.2, 0.25) is 0 Å². The molecule has 0 aliphatic heterocycles. The smallest absolute Gasteiger partial charge is 0.337 e. The van der Waals surface area contributed by atoms with E-state index in [1.165, 1.54) is 18.4 Å². The lowest BCUT2D eigenvalue weighted by Gasteiger charge is -2.09. The van der Waals surface area contributed by atoms with Gasteiger partial charge in [0.15, 0.2) is 0 Å². The third-order valence-electron chi connectivity index (χ3n) is 3.00. The number of aromatic carboxylic acids is 1. The van der Waals surface area contributed by atoms with Crippen molar-refractivity contribution in [1.82, 2.24) is 0 Å². The first-order chi connectivity index (χ1) is 10.0. The first-order valence-corrected chi connectivity index (χ1v) is 7.12. The Morgan fingerprint density at radius 3 is 2.62 bits per heavy atom. The fraction of sp³-hybridized carbons (Fsp3) is 0.200. The number of carbonyl (C=O) groups excluding carboxylic acids is 1. The molecular weight excluding hydrogens is 290 g/mol. The Morgan fingerprint density at radius 1 is 1.29 bits per heavy atom. The minimum absolute atomic E-state index is 0.301. The Balaban J connectivity index is 2.06. The second-order valence-electron chi connectivity index (χ2n) is 4.48. The maximum absolute atomic E-state index is 11.4. The van der Waals surface area contributed by atoms with Crippen molar-refractivity contribution in [3.05, 3.63) is 51.2 Å². The van der Waals surface area contributed by atoms with Crippen LogP contribution in [0.5, 0.6) is 0 Å². The van der Waals surface area contributed by atoms with Gasteiger partial charge in [0, 0.05) is 22.5 Å². The van der Waals surface area contributed by atoms with Gasteiger partial charge in [-0.15, -0.1) is 11.3 Å². The second-order valence-corrected chi connectivity index (χ2v) is 5.48. The summed E-state index contributed by atoms with van der Waals surface area (Å²) in [5.41, 5.74) is 2.63. The van der Waals surface area contributed by atoms with Crippen molar-refractivity contribution in [1.29, 1.82) is 0 Å². The Labute approximate surface area is 126 Å². The van der Waals surface area contributed by atoms with Gasteiger partial charge < -0.3 is 15.2 Å². The molecule has 5 nitrogen and oxygen atoms in total. The largest absolute Gasteiger partial charge is 0.478 e. The molecule has 6 heteroatoms. The molecule has 0 bridgehead atoms. The molecule has 1 aromatic heterocycles. The molecule has 0 saturated heterocycles. The highest BCUT2D eigenvalue weighted by Gasteiger charge is 2.09. The molecule has 2 rings (SSSR count). The monoisotopic (exact) mass is 305 g/mol. The predicted octanol–water partition coefficient (Wildman–Crippen LogP) is 3.15. The third-order valence-corrected chi connectivity index (χ3v) is 3.94. The maximum atomic E-state index is 11.4. The Kier molecular flexibility index (Phi) is 4.59. The molecule has 0 radical (unpaired) electrons. The molecule has 0 amide bonds. The van der Waals surface area contributed by atoms with E-state index in [1.807, 2.05) is 13.0 Å². The van der Waals surface area contributed by atoms with Crippen LogP contribution in [0, 0.1) is 6.92 Å². The van der Waals surface area contributed by atoms with Crippen molar-refractivity contribution in [3.8, 4) is 0 Å². The van der Waals surface area contributed by atoms with Crippen LogP contribution in [0.4, 0.5) is 5.69 Å². The van der Waals surface area contributed by atoms with Gasteiger partial charge in [0.2, 0.25) is 0 Å². The van der Waals surface area contributed by atoms with Gasteiger partial charge in [-0.1, -0.05) is 0 Å². The second kappa shape index (κ2) is 6.41. The van der Waals surface area contributed by atoms with Crippen LogP contribution in [0.25, 0.3) is 0 Å². The Hall–Kier alpha value is -2.34. The van der Waals surface area contributed by atoms with E-state index in [1.54, 1.807) is 23.6 Å². The third kappa shape index (κ3) is 3.61. The lowest BCUT2D eigenvalue weighted by atomic mass is 10.1. The van der Waals surface area contributed by atoms with Crippen LogP contribution in [-0.2, 0) is 11.3 Å². The number of carbonyl (C=O) groups is 2. The minimum atomic E-state index is -0.920. The van der Waals surface area contributed by atoms with E-state index < -0.39 is 5.97 Å². The van der Waals surface area contributed by atoms with E-state index in [0.29, 0.717) is 17.7 Å². The van der Waals surface area contributed by atoms with Crippen molar-refractivity contribution in [3.63, 3.8) is 0 Å². The van der Waals surface area contributed by atoms with Gasteiger partial charge in [-0.3, -0.25) is 0 Å². The number of anilines is 1. The zero-order valence-corrected chi connectivity index (χ0v) is 12.5. The van der Waals surface area contributed by atoms with Gasteiger partial charge in [0.1, 0.15) is 0 Å². The van der Waals surface area contributed by atoms with Crippen LogP contribution in [0.3, 0.4) is 0 Å². The number of carboxylic acids is 1. The lowest BCUT2D eigenvalue weighted by Crippen LogP contribution is -2.04. The average molecular weight is 305 g/mol. The zero-order valence-electron chi connectivity index (χ0n) is 11.7. The highest BCUT2D eigenvalue weighted by molar-refractivity contribution is 7.10. The van der Waals surface area contributed by atoms with Gasteiger partial charge in [0.05, 0.1) is 18.2 Å². The number of benzene rings is 1. The fourth-order valence-electron chi connectivity index (χ4n) is 1.87. The molecule has 0 atom stereocenters. The zero-order chi connectivity index (χ0) is 15.4. The molecule has 1 heterocycles. The SMILES string of the molecule is COC(=O)c1ccc(NCc2cc(C(=O)O)cs2)c(C)c1. The van der Waals surface area contributed by atoms with Crippen molar-refractivity contribution in [2.75, 3.05) is 12.4 Å². The maximum Gasteiger partial charge on any atom is 0.337 e.